The third kappa shape index (κ3) is 4.14. The standard InChI is InChI=1S/C21H18ClFN4O2/c22-16-6-4-15(5-7-16)20(28)25-10-12-26(13-11-25)21(29)19-8-9-27(24-19)18-3-1-2-17(23)14-18/h1-9,14H,10-13H2. The minimum absolute atomic E-state index is 0.0795. The van der Waals surface area contributed by atoms with Crippen LogP contribution in [0.25, 0.3) is 5.69 Å². The lowest BCUT2D eigenvalue weighted by Gasteiger charge is -2.34. The average molecular weight is 413 g/mol. The molecular formula is C21H18ClFN4O2. The molecule has 3 aromatic rings. The van der Waals surface area contributed by atoms with Crippen molar-refractivity contribution in [2.75, 3.05) is 26.2 Å². The van der Waals surface area contributed by atoms with Gasteiger partial charge in [0.25, 0.3) is 11.8 Å². The van der Waals surface area contributed by atoms with E-state index >= 15 is 0 Å². The Kier molecular flexibility index (Phi) is 5.31. The van der Waals surface area contributed by atoms with Gasteiger partial charge >= 0.3 is 0 Å². The lowest BCUT2D eigenvalue weighted by atomic mass is 10.2. The van der Waals surface area contributed by atoms with Crippen molar-refractivity contribution in [2.24, 2.45) is 0 Å². The zero-order chi connectivity index (χ0) is 20.4. The van der Waals surface area contributed by atoms with E-state index in [0.29, 0.717) is 42.5 Å². The Morgan fingerprint density at radius 1 is 0.897 bits per heavy atom. The maximum atomic E-state index is 13.4. The smallest absolute Gasteiger partial charge is 0.274 e. The van der Waals surface area contributed by atoms with Crippen LogP contribution in [0, 0.1) is 5.82 Å². The Labute approximate surface area is 172 Å². The van der Waals surface area contributed by atoms with E-state index < -0.39 is 0 Å². The Morgan fingerprint density at radius 3 is 2.21 bits per heavy atom. The number of aromatic nitrogens is 2. The van der Waals surface area contributed by atoms with Gasteiger partial charge in [-0.25, -0.2) is 9.07 Å². The van der Waals surface area contributed by atoms with E-state index in [0.717, 1.165) is 0 Å². The summed E-state index contributed by atoms with van der Waals surface area (Å²) in [5, 5.41) is 4.85. The molecule has 2 heterocycles. The van der Waals surface area contributed by atoms with E-state index in [2.05, 4.69) is 5.10 Å². The zero-order valence-electron chi connectivity index (χ0n) is 15.5. The van der Waals surface area contributed by atoms with Crippen LogP contribution in [0.2, 0.25) is 5.02 Å². The lowest BCUT2D eigenvalue weighted by molar-refractivity contribution is 0.0532. The molecule has 29 heavy (non-hydrogen) atoms. The molecule has 0 aliphatic carbocycles. The Balaban J connectivity index is 1.39. The van der Waals surface area contributed by atoms with Crippen LogP contribution in [0.5, 0.6) is 0 Å². The summed E-state index contributed by atoms with van der Waals surface area (Å²) in [6, 6.07) is 14.4. The van der Waals surface area contributed by atoms with E-state index in [-0.39, 0.29) is 23.3 Å². The van der Waals surface area contributed by atoms with Gasteiger partial charge < -0.3 is 9.80 Å². The Hall–Kier alpha value is -3.19. The normalized spacial score (nSPS) is 14.1. The highest BCUT2D eigenvalue weighted by Crippen LogP contribution is 2.15. The molecule has 1 aliphatic rings. The number of piperazine rings is 1. The molecule has 0 N–H and O–H groups in total. The van der Waals surface area contributed by atoms with E-state index in [9.17, 15) is 14.0 Å². The SMILES string of the molecule is O=C(c1ccc(Cl)cc1)N1CCN(C(=O)c2ccn(-c3cccc(F)c3)n2)CC1. The molecule has 0 atom stereocenters. The van der Waals surface area contributed by atoms with E-state index in [1.165, 1.54) is 16.8 Å². The molecule has 0 spiro atoms. The maximum Gasteiger partial charge on any atom is 0.274 e. The second-order valence-electron chi connectivity index (χ2n) is 6.72. The van der Waals surface area contributed by atoms with Crippen LogP contribution in [0.1, 0.15) is 20.8 Å². The first kappa shape index (κ1) is 19.1. The number of rotatable bonds is 3. The predicted molar refractivity (Wildman–Crippen MR) is 107 cm³/mol. The minimum atomic E-state index is -0.368. The summed E-state index contributed by atoms with van der Waals surface area (Å²) >= 11 is 5.87. The molecule has 1 aliphatic heterocycles. The van der Waals surface area contributed by atoms with Crippen molar-refractivity contribution in [3.05, 3.63) is 82.9 Å². The van der Waals surface area contributed by atoms with Crippen LogP contribution in [0.15, 0.2) is 60.8 Å². The summed E-state index contributed by atoms with van der Waals surface area (Å²) < 4.78 is 14.9. The number of halogens is 2. The third-order valence-electron chi connectivity index (χ3n) is 4.83. The molecule has 0 bridgehead atoms. The lowest BCUT2D eigenvalue weighted by Crippen LogP contribution is -2.50. The van der Waals surface area contributed by atoms with Crippen LogP contribution in [-0.4, -0.2) is 57.6 Å². The third-order valence-corrected chi connectivity index (χ3v) is 5.08. The van der Waals surface area contributed by atoms with Crippen LogP contribution >= 0.6 is 11.6 Å². The molecule has 8 heteroatoms. The summed E-state index contributed by atoms with van der Waals surface area (Å²) in [4.78, 5) is 28.7. The second-order valence-corrected chi connectivity index (χ2v) is 7.15. The number of benzene rings is 2. The van der Waals surface area contributed by atoms with Gasteiger partial charge in [0.1, 0.15) is 5.82 Å². The van der Waals surface area contributed by atoms with Gasteiger partial charge in [0.15, 0.2) is 5.69 Å². The van der Waals surface area contributed by atoms with Gasteiger partial charge in [-0.3, -0.25) is 9.59 Å². The average Bonchev–Trinajstić information content (AvgIpc) is 3.24. The van der Waals surface area contributed by atoms with Gasteiger partial charge in [0, 0.05) is 43.0 Å². The second kappa shape index (κ2) is 8.05. The summed E-state index contributed by atoms with van der Waals surface area (Å²) in [6.07, 6.45) is 1.63. The van der Waals surface area contributed by atoms with E-state index in [1.54, 1.807) is 58.5 Å². The van der Waals surface area contributed by atoms with Crippen LogP contribution in [0.3, 0.4) is 0 Å². The zero-order valence-corrected chi connectivity index (χ0v) is 16.2. The van der Waals surface area contributed by atoms with Crippen molar-refractivity contribution in [3.8, 4) is 5.69 Å². The molecule has 0 saturated carbocycles. The number of hydrogen-bond acceptors (Lipinski definition) is 3. The summed E-state index contributed by atoms with van der Waals surface area (Å²) in [7, 11) is 0. The largest absolute Gasteiger partial charge is 0.335 e. The molecule has 148 valence electrons. The fourth-order valence-corrected chi connectivity index (χ4v) is 3.38. The fourth-order valence-electron chi connectivity index (χ4n) is 3.25. The molecule has 1 fully saturated rings. The molecular weight excluding hydrogens is 395 g/mol. The maximum absolute atomic E-state index is 13.4. The summed E-state index contributed by atoms with van der Waals surface area (Å²) in [5.41, 5.74) is 1.40. The number of carbonyl (C=O) groups is 2. The van der Waals surface area contributed by atoms with Crippen LogP contribution in [0.4, 0.5) is 4.39 Å². The van der Waals surface area contributed by atoms with Crippen molar-refractivity contribution in [3.63, 3.8) is 0 Å². The highest BCUT2D eigenvalue weighted by molar-refractivity contribution is 6.30. The van der Waals surface area contributed by atoms with Crippen molar-refractivity contribution < 1.29 is 14.0 Å². The number of nitrogens with zero attached hydrogens (tertiary/aromatic N) is 4. The molecule has 2 amide bonds. The Bertz CT molecular complexity index is 1040. The highest BCUT2D eigenvalue weighted by Gasteiger charge is 2.26. The first-order chi connectivity index (χ1) is 14.0. The topological polar surface area (TPSA) is 58.4 Å². The van der Waals surface area contributed by atoms with Gasteiger partial charge in [-0.1, -0.05) is 17.7 Å². The molecule has 1 saturated heterocycles. The minimum Gasteiger partial charge on any atom is -0.335 e. The predicted octanol–water partition coefficient (Wildman–Crippen LogP) is 3.26. The van der Waals surface area contributed by atoms with Gasteiger partial charge in [0.05, 0.1) is 5.69 Å². The molecule has 0 radical (unpaired) electrons. The van der Waals surface area contributed by atoms with Crippen molar-refractivity contribution >= 4 is 23.4 Å². The van der Waals surface area contributed by atoms with Gasteiger partial charge in [-0.2, -0.15) is 5.10 Å². The van der Waals surface area contributed by atoms with Crippen molar-refractivity contribution in [2.45, 2.75) is 0 Å². The van der Waals surface area contributed by atoms with Crippen LogP contribution in [-0.2, 0) is 0 Å². The Morgan fingerprint density at radius 2 is 1.55 bits per heavy atom. The number of hydrogen-bond donors (Lipinski definition) is 0. The molecule has 2 aromatic carbocycles. The van der Waals surface area contributed by atoms with Gasteiger partial charge in [-0.05, 0) is 48.5 Å². The molecule has 4 rings (SSSR count). The van der Waals surface area contributed by atoms with E-state index in [4.69, 9.17) is 11.6 Å². The number of carbonyl (C=O) groups excluding carboxylic acids is 2. The molecule has 1 aromatic heterocycles. The number of amides is 2. The van der Waals surface area contributed by atoms with Gasteiger partial charge in [-0.15, -0.1) is 0 Å². The first-order valence-corrected chi connectivity index (χ1v) is 9.55. The van der Waals surface area contributed by atoms with Gasteiger partial charge in [0.2, 0.25) is 0 Å². The molecule has 6 nitrogen and oxygen atoms in total. The highest BCUT2D eigenvalue weighted by atomic mass is 35.5. The fraction of sp³-hybridized carbons (Fsp3) is 0.190. The summed E-state index contributed by atoms with van der Waals surface area (Å²) in [5.74, 6) is -0.657. The monoisotopic (exact) mass is 412 g/mol. The summed E-state index contributed by atoms with van der Waals surface area (Å²) in [6.45, 7) is 1.73. The molecule has 0 unspecified atom stereocenters. The van der Waals surface area contributed by atoms with E-state index in [1.807, 2.05) is 0 Å². The van der Waals surface area contributed by atoms with Crippen molar-refractivity contribution in [1.82, 2.24) is 19.6 Å². The quantitative estimate of drug-likeness (QED) is 0.663. The first-order valence-electron chi connectivity index (χ1n) is 9.17. The van der Waals surface area contributed by atoms with Crippen molar-refractivity contribution in [1.29, 1.82) is 0 Å². The van der Waals surface area contributed by atoms with Crippen LogP contribution < -0.4 is 0 Å².